The van der Waals surface area contributed by atoms with E-state index in [0.717, 1.165) is 0 Å². The Morgan fingerprint density at radius 1 is 1.24 bits per heavy atom. The Labute approximate surface area is 129 Å². The number of halogens is 2. The second-order valence-corrected chi connectivity index (χ2v) is 5.33. The monoisotopic (exact) mass is 320 g/mol. The van der Waals surface area contributed by atoms with Gasteiger partial charge in [-0.25, -0.2) is 4.98 Å². The minimum absolute atomic E-state index is 0.190. The molecule has 0 aliphatic rings. The first-order chi connectivity index (χ1) is 9.99. The van der Waals surface area contributed by atoms with Crippen LogP contribution in [0, 0.1) is 5.41 Å². The molecule has 2 aromatic heterocycles. The van der Waals surface area contributed by atoms with Gasteiger partial charge in [0.2, 0.25) is 0 Å². The number of aromatic nitrogens is 3. The van der Waals surface area contributed by atoms with Gasteiger partial charge in [-0.15, -0.1) is 0 Å². The minimum Gasteiger partial charge on any atom is -0.479 e. The lowest BCUT2D eigenvalue weighted by Crippen LogP contribution is -2.20. The third kappa shape index (κ3) is 2.24. The van der Waals surface area contributed by atoms with E-state index < -0.39 is 0 Å². The van der Waals surface area contributed by atoms with Crippen molar-refractivity contribution in [3.63, 3.8) is 0 Å². The number of nitrogens with zero attached hydrogens (tertiary/aromatic N) is 3. The highest BCUT2D eigenvalue weighted by atomic mass is 35.5. The second-order valence-electron chi connectivity index (χ2n) is 4.51. The van der Waals surface area contributed by atoms with Crippen LogP contribution < -0.4 is 5.49 Å². The molecule has 106 valence electrons. The molecule has 0 aliphatic heterocycles. The van der Waals surface area contributed by atoms with E-state index in [1.54, 1.807) is 35.9 Å². The van der Waals surface area contributed by atoms with Gasteiger partial charge in [0, 0.05) is 29.8 Å². The Bertz CT molecular complexity index is 900. The van der Waals surface area contributed by atoms with E-state index in [4.69, 9.17) is 28.6 Å². The summed E-state index contributed by atoms with van der Waals surface area (Å²) in [6.07, 6.45) is 1.49. The van der Waals surface area contributed by atoms with Crippen LogP contribution >= 0.6 is 23.2 Å². The number of aryl methyl sites for hydroxylation is 1. The van der Waals surface area contributed by atoms with Crippen molar-refractivity contribution in [2.45, 2.75) is 0 Å². The molecule has 0 atom stereocenters. The fourth-order valence-electron chi connectivity index (χ4n) is 2.20. The van der Waals surface area contributed by atoms with Crippen molar-refractivity contribution in [1.82, 2.24) is 14.5 Å². The molecule has 21 heavy (non-hydrogen) atoms. The van der Waals surface area contributed by atoms with Crippen LogP contribution in [-0.4, -0.2) is 19.6 Å². The fraction of sp³-hybridized carbons (Fsp3) is 0.0714. The van der Waals surface area contributed by atoms with Gasteiger partial charge in [-0.1, -0.05) is 29.3 Å². The van der Waals surface area contributed by atoms with Crippen molar-refractivity contribution >= 4 is 34.2 Å². The first-order valence-electron chi connectivity index (χ1n) is 6.04. The second kappa shape index (κ2) is 5.02. The first-order valence-corrected chi connectivity index (χ1v) is 6.79. The quantitative estimate of drug-likeness (QED) is 0.723. The maximum atomic E-state index is 9.38. The Kier molecular flexibility index (Phi) is 3.31. The Balaban J connectivity index is 2.42. The molecule has 0 unspecified atom stereocenters. The lowest BCUT2D eigenvalue weighted by Gasteiger charge is -2.12. The van der Waals surface area contributed by atoms with Gasteiger partial charge in [0.15, 0.2) is 0 Å². The molecule has 3 rings (SSSR count). The summed E-state index contributed by atoms with van der Waals surface area (Å²) in [5.74, 6) is 0. The molecule has 7 heteroatoms. The number of rotatable bonds is 1. The summed E-state index contributed by atoms with van der Waals surface area (Å²) in [6, 6.07) is 6.60. The number of hydrogen-bond acceptors (Lipinski definition) is 4. The number of benzene rings is 1. The average molecular weight is 321 g/mol. The number of nitrogens with one attached hydrogen (secondary N) is 1. The Morgan fingerprint density at radius 2 is 1.90 bits per heavy atom. The van der Waals surface area contributed by atoms with E-state index in [1.165, 1.54) is 6.20 Å². The summed E-state index contributed by atoms with van der Waals surface area (Å²) in [4.78, 5) is 7.70. The van der Waals surface area contributed by atoms with Gasteiger partial charge in [0.25, 0.3) is 0 Å². The lowest BCUT2D eigenvalue weighted by atomic mass is 10.1. The number of pyridine rings is 1. The average Bonchev–Trinajstić information content (AvgIpc) is 2.44. The minimum atomic E-state index is -0.332. The van der Waals surface area contributed by atoms with Crippen LogP contribution in [0.2, 0.25) is 10.0 Å². The summed E-state index contributed by atoms with van der Waals surface area (Å²) >= 11 is 12.4. The predicted molar refractivity (Wildman–Crippen MR) is 81.5 cm³/mol. The summed E-state index contributed by atoms with van der Waals surface area (Å²) in [5, 5.41) is 19.3. The molecule has 0 spiro atoms. The molecule has 2 N–H and O–H groups in total. The van der Waals surface area contributed by atoms with Gasteiger partial charge in [-0.2, -0.15) is 4.98 Å². The van der Waals surface area contributed by atoms with Crippen LogP contribution in [0.5, 0.6) is 6.01 Å². The van der Waals surface area contributed by atoms with Crippen molar-refractivity contribution in [3.8, 4) is 17.1 Å². The first kappa shape index (κ1) is 13.9. The van der Waals surface area contributed by atoms with Gasteiger partial charge in [0.05, 0.1) is 10.0 Å². The SMILES string of the molecule is Cn1c(=N)c(-c2c(Cl)cccc2Cl)cc2cnc(O)nc21. The molecule has 2 heterocycles. The number of fused-ring (bicyclic) bond motifs is 1. The molecule has 3 aromatic rings. The summed E-state index contributed by atoms with van der Waals surface area (Å²) in [5.41, 5.74) is 1.82. The van der Waals surface area contributed by atoms with Gasteiger partial charge in [-0.3, -0.25) is 5.41 Å². The molecular weight excluding hydrogens is 311 g/mol. The van der Waals surface area contributed by atoms with E-state index in [1.807, 2.05) is 0 Å². The molecule has 0 saturated heterocycles. The van der Waals surface area contributed by atoms with Crippen LogP contribution in [0.3, 0.4) is 0 Å². The summed E-state index contributed by atoms with van der Waals surface area (Å²) in [7, 11) is 1.69. The zero-order valence-corrected chi connectivity index (χ0v) is 12.4. The third-order valence-electron chi connectivity index (χ3n) is 3.22. The lowest BCUT2D eigenvalue weighted by molar-refractivity contribution is 0.432. The molecule has 1 aromatic carbocycles. The molecule has 0 bridgehead atoms. The van der Waals surface area contributed by atoms with E-state index in [0.29, 0.717) is 32.2 Å². The van der Waals surface area contributed by atoms with Crippen LogP contribution in [-0.2, 0) is 7.05 Å². The normalized spacial score (nSPS) is 11.0. The van der Waals surface area contributed by atoms with Crippen LogP contribution in [0.4, 0.5) is 0 Å². The van der Waals surface area contributed by atoms with Crippen molar-refractivity contribution < 1.29 is 5.11 Å². The number of aromatic hydroxyl groups is 1. The highest BCUT2D eigenvalue weighted by molar-refractivity contribution is 6.39. The highest BCUT2D eigenvalue weighted by Gasteiger charge is 2.14. The number of hydrogen-bond donors (Lipinski definition) is 2. The maximum Gasteiger partial charge on any atom is 0.315 e. The molecule has 5 nitrogen and oxygen atoms in total. The predicted octanol–water partition coefficient (Wildman–Crippen LogP) is 3.13. The van der Waals surface area contributed by atoms with E-state index in [2.05, 4.69) is 9.97 Å². The largest absolute Gasteiger partial charge is 0.479 e. The Morgan fingerprint density at radius 3 is 2.57 bits per heavy atom. The van der Waals surface area contributed by atoms with Gasteiger partial charge in [-0.05, 0) is 18.2 Å². The molecule has 0 saturated carbocycles. The molecule has 0 amide bonds. The van der Waals surface area contributed by atoms with Crippen LogP contribution in [0.15, 0.2) is 30.5 Å². The molecule has 0 aliphatic carbocycles. The van der Waals surface area contributed by atoms with Crippen molar-refractivity contribution in [1.29, 1.82) is 5.41 Å². The third-order valence-corrected chi connectivity index (χ3v) is 3.85. The fourth-order valence-corrected chi connectivity index (χ4v) is 2.80. The van der Waals surface area contributed by atoms with Crippen molar-refractivity contribution in [2.75, 3.05) is 0 Å². The van der Waals surface area contributed by atoms with Gasteiger partial charge < -0.3 is 9.67 Å². The van der Waals surface area contributed by atoms with Gasteiger partial charge in [0.1, 0.15) is 11.1 Å². The summed E-state index contributed by atoms with van der Waals surface area (Å²) < 4.78 is 1.55. The summed E-state index contributed by atoms with van der Waals surface area (Å²) in [6.45, 7) is 0. The Hall–Kier alpha value is -2.11. The smallest absolute Gasteiger partial charge is 0.315 e. The topological polar surface area (TPSA) is 74.8 Å². The van der Waals surface area contributed by atoms with Crippen LogP contribution in [0.1, 0.15) is 0 Å². The van der Waals surface area contributed by atoms with E-state index >= 15 is 0 Å². The molecule has 0 fully saturated rings. The highest BCUT2D eigenvalue weighted by Crippen LogP contribution is 2.33. The standard InChI is InChI=1S/C14H10Cl2N4O/c1-20-12(17)8(11-9(15)3-2-4-10(11)16)5-7-6-18-14(21)19-13(7)20/h2-6,17H,1H3,(H,18,19,21). The van der Waals surface area contributed by atoms with Crippen molar-refractivity contribution in [2.24, 2.45) is 7.05 Å². The molecular formula is C14H10Cl2N4O. The van der Waals surface area contributed by atoms with E-state index in [-0.39, 0.29) is 11.5 Å². The van der Waals surface area contributed by atoms with Crippen LogP contribution in [0.25, 0.3) is 22.2 Å². The van der Waals surface area contributed by atoms with E-state index in [9.17, 15) is 5.11 Å². The van der Waals surface area contributed by atoms with Gasteiger partial charge >= 0.3 is 6.01 Å². The van der Waals surface area contributed by atoms with Crippen molar-refractivity contribution in [3.05, 3.63) is 46.0 Å². The molecule has 0 radical (unpaired) electrons. The zero-order valence-electron chi connectivity index (χ0n) is 10.9. The maximum absolute atomic E-state index is 9.38. The zero-order chi connectivity index (χ0) is 15.1.